The molecule has 112 valence electrons. The zero-order valence-corrected chi connectivity index (χ0v) is 11.6. The van der Waals surface area contributed by atoms with Gasteiger partial charge in [-0.05, 0) is 30.7 Å². The predicted molar refractivity (Wildman–Crippen MR) is 73.6 cm³/mol. The Hall–Kier alpha value is -2.70. The normalized spacial score (nSPS) is 11.8. The van der Waals surface area contributed by atoms with Crippen LogP contribution >= 0.6 is 0 Å². The van der Waals surface area contributed by atoms with Crippen molar-refractivity contribution in [3.05, 3.63) is 41.7 Å². The fourth-order valence-corrected chi connectivity index (χ4v) is 1.32. The number of benzene rings is 1. The van der Waals surface area contributed by atoms with E-state index in [1.54, 1.807) is 6.07 Å². The maximum Gasteiger partial charge on any atom is 0.331 e. The van der Waals surface area contributed by atoms with E-state index in [4.69, 9.17) is 4.74 Å². The number of amides is 3. The lowest BCUT2D eigenvalue weighted by molar-refractivity contribution is -0.149. The first-order valence-electron chi connectivity index (χ1n) is 6.09. The van der Waals surface area contributed by atoms with Gasteiger partial charge >= 0.3 is 12.0 Å². The number of hydrogen-bond donors (Lipinski definition) is 2. The third-order valence-corrected chi connectivity index (χ3v) is 2.39. The van der Waals surface area contributed by atoms with Gasteiger partial charge in [-0.2, -0.15) is 0 Å². The molecule has 0 aliphatic carbocycles. The molecule has 0 unspecified atom stereocenters. The van der Waals surface area contributed by atoms with Crippen molar-refractivity contribution in [3.63, 3.8) is 0 Å². The number of ether oxygens (including phenoxy) is 1. The highest BCUT2D eigenvalue weighted by Crippen LogP contribution is 2.05. The molecule has 1 rings (SSSR count). The molecule has 0 radical (unpaired) electrons. The van der Waals surface area contributed by atoms with Crippen LogP contribution in [0, 0.1) is 5.82 Å². The van der Waals surface area contributed by atoms with Gasteiger partial charge in [0.1, 0.15) is 5.82 Å². The smallest absolute Gasteiger partial charge is 0.331 e. The molecule has 2 N–H and O–H groups in total. The minimum Gasteiger partial charge on any atom is -0.449 e. The van der Waals surface area contributed by atoms with Gasteiger partial charge in [-0.3, -0.25) is 10.1 Å². The van der Waals surface area contributed by atoms with Crippen LogP contribution in [0.25, 0.3) is 6.08 Å². The number of urea groups is 1. The average Bonchev–Trinajstić information content (AvgIpc) is 2.45. The summed E-state index contributed by atoms with van der Waals surface area (Å²) in [5.41, 5.74) is 0.481. The first-order valence-corrected chi connectivity index (χ1v) is 6.09. The Morgan fingerprint density at radius 3 is 2.67 bits per heavy atom. The first-order chi connectivity index (χ1) is 9.92. The summed E-state index contributed by atoms with van der Waals surface area (Å²) in [7, 11) is 1.35. The van der Waals surface area contributed by atoms with Crippen LogP contribution in [0.15, 0.2) is 30.3 Å². The number of halogens is 1. The Bertz CT molecular complexity index is 572. The molecule has 1 aromatic rings. The van der Waals surface area contributed by atoms with Crippen molar-refractivity contribution in [2.24, 2.45) is 0 Å². The third kappa shape index (κ3) is 5.85. The molecule has 0 aliphatic heterocycles. The maximum atomic E-state index is 12.9. The second kappa shape index (κ2) is 7.78. The average molecular weight is 294 g/mol. The summed E-state index contributed by atoms with van der Waals surface area (Å²) in [6.07, 6.45) is 1.29. The zero-order valence-electron chi connectivity index (χ0n) is 11.6. The van der Waals surface area contributed by atoms with Crippen molar-refractivity contribution in [2.75, 3.05) is 7.05 Å². The van der Waals surface area contributed by atoms with Crippen LogP contribution in [0.1, 0.15) is 12.5 Å². The highest BCUT2D eigenvalue weighted by atomic mass is 19.1. The topological polar surface area (TPSA) is 84.5 Å². The number of carbonyl (C=O) groups is 3. The van der Waals surface area contributed by atoms with Gasteiger partial charge in [0.15, 0.2) is 6.10 Å². The van der Waals surface area contributed by atoms with Gasteiger partial charge in [-0.25, -0.2) is 14.0 Å². The molecule has 0 aromatic heterocycles. The Morgan fingerprint density at radius 1 is 1.33 bits per heavy atom. The molecular weight excluding hydrogens is 279 g/mol. The van der Waals surface area contributed by atoms with Gasteiger partial charge in [0.2, 0.25) is 0 Å². The van der Waals surface area contributed by atoms with Crippen molar-refractivity contribution in [2.45, 2.75) is 13.0 Å². The number of nitrogens with one attached hydrogen (secondary N) is 2. The van der Waals surface area contributed by atoms with E-state index in [1.807, 2.05) is 5.32 Å². The summed E-state index contributed by atoms with van der Waals surface area (Å²) in [5, 5.41) is 4.17. The second-order valence-corrected chi connectivity index (χ2v) is 4.04. The minimum atomic E-state index is -1.13. The number of esters is 1. The van der Waals surface area contributed by atoms with E-state index in [2.05, 4.69) is 5.32 Å². The summed E-state index contributed by atoms with van der Waals surface area (Å²) in [5.74, 6) is -1.95. The van der Waals surface area contributed by atoms with Crippen molar-refractivity contribution in [1.29, 1.82) is 0 Å². The Labute approximate surface area is 121 Å². The quantitative estimate of drug-likeness (QED) is 0.646. The standard InChI is InChI=1S/C14H15FN2O4/c1-9(13(19)17-14(20)16-2)21-12(18)7-6-10-4-3-5-11(15)8-10/h3-9H,1-2H3,(H2,16,17,19,20)/b7-6+/t9-/m1/s1. The van der Waals surface area contributed by atoms with Crippen LogP contribution in [0.5, 0.6) is 0 Å². The van der Waals surface area contributed by atoms with Crippen molar-refractivity contribution in [1.82, 2.24) is 10.6 Å². The van der Waals surface area contributed by atoms with Crippen LogP contribution in [-0.4, -0.2) is 31.1 Å². The molecule has 3 amide bonds. The molecule has 0 bridgehead atoms. The molecule has 1 atom stereocenters. The molecule has 0 saturated heterocycles. The molecular formula is C14H15FN2O4. The van der Waals surface area contributed by atoms with E-state index in [0.717, 1.165) is 6.08 Å². The molecule has 21 heavy (non-hydrogen) atoms. The van der Waals surface area contributed by atoms with Crippen molar-refractivity contribution >= 4 is 24.0 Å². The molecule has 1 aromatic carbocycles. The largest absolute Gasteiger partial charge is 0.449 e. The van der Waals surface area contributed by atoms with Gasteiger partial charge in [-0.15, -0.1) is 0 Å². The Kier molecular flexibility index (Phi) is 6.06. The summed E-state index contributed by atoms with van der Waals surface area (Å²) >= 11 is 0. The van der Waals surface area contributed by atoms with Gasteiger partial charge in [0.25, 0.3) is 5.91 Å². The first kappa shape index (κ1) is 16.4. The van der Waals surface area contributed by atoms with Crippen LogP contribution in [0.2, 0.25) is 0 Å². The molecule has 0 aliphatic rings. The lowest BCUT2D eigenvalue weighted by atomic mass is 10.2. The maximum absolute atomic E-state index is 12.9. The van der Waals surface area contributed by atoms with Crippen molar-refractivity contribution in [3.8, 4) is 0 Å². The van der Waals surface area contributed by atoms with E-state index < -0.39 is 29.8 Å². The van der Waals surface area contributed by atoms with Crippen molar-refractivity contribution < 1.29 is 23.5 Å². The van der Waals surface area contributed by atoms with E-state index >= 15 is 0 Å². The van der Waals surface area contributed by atoms with Gasteiger partial charge in [0, 0.05) is 13.1 Å². The number of imide groups is 1. The van der Waals surface area contributed by atoms with Crippen LogP contribution < -0.4 is 10.6 Å². The van der Waals surface area contributed by atoms with Crippen LogP contribution in [-0.2, 0) is 14.3 Å². The lowest BCUT2D eigenvalue weighted by Crippen LogP contribution is -2.43. The molecule has 0 spiro atoms. The number of hydrogen-bond acceptors (Lipinski definition) is 4. The number of rotatable bonds is 4. The molecule has 0 saturated carbocycles. The molecule has 0 heterocycles. The van der Waals surface area contributed by atoms with E-state index in [1.165, 1.54) is 38.2 Å². The highest BCUT2D eigenvalue weighted by Gasteiger charge is 2.18. The highest BCUT2D eigenvalue weighted by molar-refractivity contribution is 5.97. The van der Waals surface area contributed by atoms with Crippen LogP contribution in [0.4, 0.5) is 9.18 Å². The summed E-state index contributed by atoms with van der Waals surface area (Å²) in [4.78, 5) is 33.9. The Balaban J connectivity index is 2.53. The van der Waals surface area contributed by atoms with Gasteiger partial charge in [-0.1, -0.05) is 12.1 Å². The Morgan fingerprint density at radius 2 is 2.05 bits per heavy atom. The fourth-order valence-electron chi connectivity index (χ4n) is 1.32. The zero-order chi connectivity index (χ0) is 15.8. The number of carbonyl (C=O) groups excluding carboxylic acids is 3. The van der Waals surface area contributed by atoms with Gasteiger partial charge in [0.05, 0.1) is 0 Å². The minimum absolute atomic E-state index is 0.427. The monoisotopic (exact) mass is 294 g/mol. The third-order valence-electron chi connectivity index (χ3n) is 2.39. The summed E-state index contributed by atoms with van der Waals surface area (Å²) in [6, 6.07) is 4.93. The SMILES string of the molecule is CNC(=O)NC(=O)[C@@H](C)OC(=O)/C=C/c1cccc(F)c1. The van der Waals surface area contributed by atoms with Gasteiger partial charge < -0.3 is 10.1 Å². The fraction of sp³-hybridized carbons (Fsp3) is 0.214. The second-order valence-electron chi connectivity index (χ2n) is 4.04. The molecule has 0 fully saturated rings. The summed E-state index contributed by atoms with van der Waals surface area (Å²) < 4.78 is 17.7. The van der Waals surface area contributed by atoms with E-state index in [-0.39, 0.29) is 0 Å². The summed E-state index contributed by atoms with van der Waals surface area (Å²) in [6.45, 7) is 1.33. The molecule has 7 heteroatoms. The lowest BCUT2D eigenvalue weighted by Gasteiger charge is -2.11. The van der Waals surface area contributed by atoms with Crippen LogP contribution in [0.3, 0.4) is 0 Å². The molecule has 6 nitrogen and oxygen atoms in total. The van der Waals surface area contributed by atoms with E-state index in [9.17, 15) is 18.8 Å². The predicted octanol–water partition coefficient (Wildman–Crippen LogP) is 1.23. The van der Waals surface area contributed by atoms with E-state index in [0.29, 0.717) is 5.56 Å².